The Morgan fingerprint density at radius 3 is 2.14 bits per heavy atom. The molecule has 2 aromatic carbocycles. The van der Waals surface area contributed by atoms with Crippen molar-refractivity contribution in [1.82, 2.24) is 0 Å². The zero-order valence-electron chi connectivity index (χ0n) is 16.2. The van der Waals surface area contributed by atoms with Crippen molar-refractivity contribution in [2.75, 3.05) is 19.8 Å². The number of carbonyl (C=O) groups excluding carboxylic acids is 1. The molecule has 0 heterocycles. The highest BCUT2D eigenvalue weighted by molar-refractivity contribution is 7.96. The Morgan fingerprint density at radius 2 is 1.57 bits per heavy atom. The SMILES string of the molecule is CC(c1ccccc1)C(OCCCCOCC(C#N)C(=O)S)c1ccccc1. The predicted molar refractivity (Wildman–Crippen MR) is 113 cm³/mol. The molecule has 2 aromatic rings. The number of carbonyl (C=O) groups is 1. The third-order valence-corrected chi connectivity index (χ3v) is 4.94. The minimum Gasteiger partial charge on any atom is -0.380 e. The summed E-state index contributed by atoms with van der Waals surface area (Å²) in [6.45, 7) is 3.39. The van der Waals surface area contributed by atoms with Gasteiger partial charge in [-0.05, 0) is 24.0 Å². The molecule has 0 saturated heterocycles. The van der Waals surface area contributed by atoms with E-state index < -0.39 is 11.0 Å². The molecule has 0 fully saturated rings. The molecule has 0 N–H and O–H groups in total. The van der Waals surface area contributed by atoms with E-state index >= 15 is 0 Å². The molecule has 2 rings (SSSR count). The summed E-state index contributed by atoms with van der Waals surface area (Å²) in [5, 5.41) is 8.38. The van der Waals surface area contributed by atoms with Gasteiger partial charge in [-0.2, -0.15) is 5.26 Å². The predicted octanol–water partition coefficient (Wildman–Crippen LogP) is 4.94. The average molecular weight is 398 g/mol. The van der Waals surface area contributed by atoms with E-state index in [1.165, 1.54) is 11.1 Å². The monoisotopic (exact) mass is 397 g/mol. The molecule has 3 unspecified atom stereocenters. The van der Waals surface area contributed by atoms with Crippen LogP contribution in [0.4, 0.5) is 0 Å². The van der Waals surface area contributed by atoms with Crippen LogP contribution in [0.1, 0.15) is 42.9 Å². The van der Waals surface area contributed by atoms with Crippen molar-refractivity contribution in [3.8, 4) is 6.07 Å². The standard InChI is InChI=1S/C23H27NO3S/c1-18(19-10-4-2-5-11-19)22(20-12-6-3-7-13-20)27-15-9-8-14-26-17-21(16-24)23(25)28/h2-7,10-13,18,21-22H,8-9,14-15,17H2,1H3,(H,25,28). The first-order valence-electron chi connectivity index (χ1n) is 9.55. The molecular weight excluding hydrogens is 370 g/mol. The molecule has 0 radical (unpaired) electrons. The highest BCUT2D eigenvalue weighted by atomic mass is 32.1. The van der Waals surface area contributed by atoms with Crippen molar-refractivity contribution >= 4 is 17.7 Å². The zero-order chi connectivity index (χ0) is 20.2. The first kappa shape index (κ1) is 22.2. The van der Waals surface area contributed by atoms with Crippen molar-refractivity contribution in [3.05, 3.63) is 71.8 Å². The van der Waals surface area contributed by atoms with Crippen LogP contribution in [0.2, 0.25) is 0 Å². The smallest absolute Gasteiger partial charge is 0.205 e. The number of rotatable bonds is 12. The highest BCUT2D eigenvalue weighted by Gasteiger charge is 2.21. The van der Waals surface area contributed by atoms with Crippen molar-refractivity contribution in [1.29, 1.82) is 5.26 Å². The molecule has 0 aliphatic carbocycles. The Morgan fingerprint density at radius 1 is 1.00 bits per heavy atom. The molecule has 0 bridgehead atoms. The lowest BCUT2D eigenvalue weighted by atomic mass is 9.90. The molecule has 0 spiro atoms. The van der Waals surface area contributed by atoms with Crippen molar-refractivity contribution in [2.24, 2.45) is 5.92 Å². The Bertz CT molecular complexity index is 745. The third-order valence-electron chi connectivity index (χ3n) is 4.63. The average Bonchev–Trinajstić information content (AvgIpc) is 2.73. The molecular formula is C23H27NO3S. The number of nitrogens with zero attached hydrogens (tertiary/aromatic N) is 1. The lowest BCUT2D eigenvalue weighted by molar-refractivity contribution is -0.114. The van der Waals surface area contributed by atoms with Crippen molar-refractivity contribution < 1.29 is 14.3 Å². The van der Waals surface area contributed by atoms with Gasteiger partial charge < -0.3 is 9.47 Å². The van der Waals surface area contributed by atoms with Gasteiger partial charge in [-0.25, -0.2) is 0 Å². The van der Waals surface area contributed by atoms with Crippen LogP contribution in [0, 0.1) is 17.2 Å². The molecule has 0 aromatic heterocycles. The number of hydrogen-bond acceptors (Lipinski definition) is 4. The number of unbranched alkanes of at least 4 members (excludes halogenated alkanes) is 1. The number of hydrogen-bond donors (Lipinski definition) is 1. The van der Waals surface area contributed by atoms with Crippen molar-refractivity contribution in [3.63, 3.8) is 0 Å². The second kappa shape index (κ2) is 12.4. The van der Waals surface area contributed by atoms with Crippen LogP contribution in [0.5, 0.6) is 0 Å². The highest BCUT2D eigenvalue weighted by Crippen LogP contribution is 2.33. The molecule has 0 amide bonds. The van der Waals surface area contributed by atoms with Crippen molar-refractivity contribution in [2.45, 2.75) is 31.8 Å². The molecule has 3 atom stereocenters. The van der Waals surface area contributed by atoms with Gasteiger partial charge in [0.1, 0.15) is 5.92 Å². The summed E-state index contributed by atoms with van der Waals surface area (Å²) < 4.78 is 11.7. The van der Waals surface area contributed by atoms with Crippen LogP contribution >= 0.6 is 12.6 Å². The third kappa shape index (κ3) is 7.12. The number of thiol groups is 1. The van der Waals surface area contributed by atoms with Crippen LogP contribution in [-0.2, 0) is 14.3 Å². The summed E-state index contributed by atoms with van der Waals surface area (Å²) in [5.41, 5.74) is 2.41. The van der Waals surface area contributed by atoms with E-state index in [-0.39, 0.29) is 18.6 Å². The Balaban J connectivity index is 1.82. The lowest BCUT2D eigenvalue weighted by Crippen LogP contribution is -2.15. The van der Waals surface area contributed by atoms with Gasteiger partial charge in [0.2, 0.25) is 5.12 Å². The largest absolute Gasteiger partial charge is 0.380 e. The summed E-state index contributed by atoms with van der Waals surface area (Å²) in [4.78, 5) is 11.1. The van der Waals surface area contributed by atoms with Gasteiger partial charge in [-0.15, -0.1) is 12.6 Å². The van der Waals surface area contributed by atoms with Gasteiger partial charge in [0.05, 0.1) is 18.8 Å². The van der Waals surface area contributed by atoms with E-state index in [9.17, 15) is 4.79 Å². The van der Waals surface area contributed by atoms with Crippen LogP contribution in [0.25, 0.3) is 0 Å². The van der Waals surface area contributed by atoms with Gasteiger partial charge in [0.25, 0.3) is 0 Å². The maximum Gasteiger partial charge on any atom is 0.205 e. The summed E-state index contributed by atoms with van der Waals surface area (Å²) in [6, 6.07) is 22.6. The molecule has 0 saturated carbocycles. The lowest BCUT2D eigenvalue weighted by Gasteiger charge is -2.25. The second-order valence-corrected chi connectivity index (χ2v) is 7.14. The number of ether oxygens (including phenoxy) is 2. The summed E-state index contributed by atoms with van der Waals surface area (Å²) >= 11 is 3.68. The zero-order valence-corrected chi connectivity index (χ0v) is 17.1. The van der Waals surface area contributed by atoms with Gasteiger partial charge in [-0.1, -0.05) is 67.6 Å². The minimum absolute atomic E-state index is 0.0192. The van der Waals surface area contributed by atoms with E-state index in [1.807, 2.05) is 30.3 Å². The van der Waals surface area contributed by atoms with Crippen LogP contribution < -0.4 is 0 Å². The minimum atomic E-state index is -0.797. The molecule has 4 nitrogen and oxygen atoms in total. The van der Waals surface area contributed by atoms with Gasteiger partial charge in [0, 0.05) is 19.1 Å². The van der Waals surface area contributed by atoms with E-state index in [2.05, 4.69) is 56.0 Å². The maximum atomic E-state index is 11.1. The fraction of sp³-hybridized carbons (Fsp3) is 0.391. The van der Waals surface area contributed by atoms with Gasteiger partial charge in [-0.3, -0.25) is 4.79 Å². The van der Waals surface area contributed by atoms with E-state index in [1.54, 1.807) is 0 Å². The fourth-order valence-corrected chi connectivity index (χ4v) is 3.12. The maximum absolute atomic E-state index is 11.1. The second-order valence-electron chi connectivity index (χ2n) is 6.70. The Kier molecular flexibility index (Phi) is 9.78. The first-order chi connectivity index (χ1) is 13.6. The molecule has 0 aliphatic rings. The summed E-state index contributed by atoms with van der Waals surface area (Å²) in [5.74, 6) is -0.564. The first-order valence-corrected chi connectivity index (χ1v) is 10.00. The molecule has 28 heavy (non-hydrogen) atoms. The molecule has 5 heteroatoms. The van der Waals surface area contributed by atoms with Crippen LogP contribution in [-0.4, -0.2) is 24.9 Å². The topological polar surface area (TPSA) is 59.3 Å². The number of benzene rings is 2. The van der Waals surface area contributed by atoms with Crippen LogP contribution in [0.3, 0.4) is 0 Å². The van der Waals surface area contributed by atoms with E-state index in [0.717, 1.165) is 12.8 Å². The van der Waals surface area contributed by atoms with Crippen LogP contribution in [0.15, 0.2) is 60.7 Å². The van der Waals surface area contributed by atoms with Gasteiger partial charge >= 0.3 is 0 Å². The van der Waals surface area contributed by atoms with Gasteiger partial charge in [0.15, 0.2) is 0 Å². The quantitative estimate of drug-likeness (QED) is 0.407. The van der Waals surface area contributed by atoms with E-state index in [0.29, 0.717) is 13.2 Å². The molecule has 148 valence electrons. The Labute approximate surface area is 172 Å². The summed E-state index contributed by atoms with van der Waals surface area (Å²) in [6.07, 6.45) is 1.63. The summed E-state index contributed by atoms with van der Waals surface area (Å²) in [7, 11) is 0. The number of nitriles is 1. The molecule has 0 aliphatic heterocycles. The van der Waals surface area contributed by atoms with E-state index in [4.69, 9.17) is 14.7 Å². The fourth-order valence-electron chi connectivity index (χ4n) is 2.98. The Hall–Kier alpha value is -2.13. The normalized spacial score (nSPS) is 14.0.